The third-order valence-corrected chi connectivity index (χ3v) is 3.69. The minimum absolute atomic E-state index is 0.301. The molecule has 0 aromatic heterocycles. The first-order valence-corrected chi connectivity index (χ1v) is 6.85. The molecule has 0 heterocycles. The summed E-state index contributed by atoms with van der Waals surface area (Å²) >= 11 is 0. The van der Waals surface area contributed by atoms with Gasteiger partial charge in [-0.15, -0.1) is 0 Å². The molecule has 0 radical (unpaired) electrons. The van der Waals surface area contributed by atoms with Crippen molar-refractivity contribution in [1.29, 1.82) is 0 Å². The molecular formula is C14H28N2. The van der Waals surface area contributed by atoms with Gasteiger partial charge in [-0.05, 0) is 38.6 Å². The van der Waals surface area contributed by atoms with E-state index in [4.69, 9.17) is 5.73 Å². The summed E-state index contributed by atoms with van der Waals surface area (Å²) in [5.74, 6) is 0.681. The van der Waals surface area contributed by atoms with Crippen LogP contribution in [-0.4, -0.2) is 30.1 Å². The number of nitrogens with two attached hydrogens (primary N) is 1. The standard InChI is InChI=1S/C14H28N2/c1-4-6-9-16(12(3)5-2)11-13-7-8-14(15)10-13/h7-8,12-14H,4-6,9-11,15H2,1-3H3. The summed E-state index contributed by atoms with van der Waals surface area (Å²) in [6.07, 6.45) is 9.45. The van der Waals surface area contributed by atoms with Crippen LogP contribution in [0.4, 0.5) is 0 Å². The van der Waals surface area contributed by atoms with E-state index in [9.17, 15) is 0 Å². The zero-order valence-electron chi connectivity index (χ0n) is 11.2. The van der Waals surface area contributed by atoms with Crippen LogP contribution in [0.15, 0.2) is 12.2 Å². The number of rotatable bonds is 7. The van der Waals surface area contributed by atoms with Gasteiger partial charge >= 0.3 is 0 Å². The van der Waals surface area contributed by atoms with Gasteiger partial charge < -0.3 is 10.6 Å². The minimum atomic E-state index is 0.301. The van der Waals surface area contributed by atoms with Crippen LogP contribution in [0.25, 0.3) is 0 Å². The van der Waals surface area contributed by atoms with Gasteiger partial charge in [-0.1, -0.05) is 32.4 Å². The normalized spacial score (nSPS) is 26.6. The van der Waals surface area contributed by atoms with Crippen LogP contribution < -0.4 is 5.73 Å². The van der Waals surface area contributed by atoms with Crippen LogP contribution >= 0.6 is 0 Å². The van der Waals surface area contributed by atoms with E-state index in [0.717, 1.165) is 6.42 Å². The largest absolute Gasteiger partial charge is 0.324 e. The molecule has 2 heteroatoms. The third-order valence-electron chi connectivity index (χ3n) is 3.69. The molecule has 0 amide bonds. The number of hydrogen-bond donors (Lipinski definition) is 1. The van der Waals surface area contributed by atoms with Crippen molar-refractivity contribution in [3.63, 3.8) is 0 Å². The fourth-order valence-electron chi connectivity index (χ4n) is 2.35. The fraction of sp³-hybridized carbons (Fsp3) is 0.857. The number of unbranched alkanes of at least 4 members (excludes halogenated alkanes) is 1. The van der Waals surface area contributed by atoms with Gasteiger partial charge in [0.1, 0.15) is 0 Å². The van der Waals surface area contributed by atoms with Crippen LogP contribution in [-0.2, 0) is 0 Å². The lowest BCUT2D eigenvalue weighted by atomic mass is 10.1. The Balaban J connectivity index is 2.40. The average Bonchev–Trinajstić information content (AvgIpc) is 2.69. The van der Waals surface area contributed by atoms with Gasteiger partial charge in [0.25, 0.3) is 0 Å². The smallest absolute Gasteiger partial charge is 0.0229 e. The Hall–Kier alpha value is -0.340. The van der Waals surface area contributed by atoms with Crippen molar-refractivity contribution in [1.82, 2.24) is 4.90 Å². The van der Waals surface area contributed by atoms with Gasteiger partial charge in [0.05, 0.1) is 0 Å². The summed E-state index contributed by atoms with van der Waals surface area (Å²) in [5.41, 5.74) is 5.90. The molecule has 0 saturated heterocycles. The van der Waals surface area contributed by atoms with Crippen molar-refractivity contribution >= 4 is 0 Å². The molecule has 94 valence electrons. The molecule has 1 aliphatic rings. The summed E-state index contributed by atoms with van der Waals surface area (Å²) in [6, 6.07) is 1.01. The molecule has 0 aromatic rings. The van der Waals surface area contributed by atoms with Gasteiger partial charge in [0.15, 0.2) is 0 Å². The lowest BCUT2D eigenvalue weighted by molar-refractivity contribution is 0.180. The van der Waals surface area contributed by atoms with Gasteiger partial charge in [-0.2, -0.15) is 0 Å². The molecule has 0 aliphatic heterocycles. The predicted octanol–water partition coefficient (Wildman–Crippen LogP) is 2.79. The minimum Gasteiger partial charge on any atom is -0.324 e. The SMILES string of the molecule is CCCCN(CC1C=CC(N)C1)C(C)CC. The second-order valence-corrected chi connectivity index (χ2v) is 5.15. The summed E-state index contributed by atoms with van der Waals surface area (Å²) in [5, 5.41) is 0. The Bertz CT molecular complexity index is 213. The Kier molecular flexibility index (Phi) is 6.07. The van der Waals surface area contributed by atoms with E-state index in [-0.39, 0.29) is 0 Å². The van der Waals surface area contributed by atoms with Crippen LogP contribution in [0.5, 0.6) is 0 Å². The molecule has 0 bridgehead atoms. The Morgan fingerprint density at radius 3 is 2.62 bits per heavy atom. The highest BCUT2D eigenvalue weighted by Gasteiger charge is 2.20. The molecule has 0 saturated carbocycles. The summed E-state index contributed by atoms with van der Waals surface area (Å²) < 4.78 is 0. The van der Waals surface area contributed by atoms with E-state index in [1.807, 2.05) is 0 Å². The lowest BCUT2D eigenvalue weighted by Crippen LogP contribution is -2.37. The topological polar surface area (TPSA) is 29.3 Å². The van der Waals surface area contributed by atoms with Crippen molar-refractivity contribution in [3.8, 4) is 0 Å². The van der Waals surface area contributed by atoms with Crippen LogP contribution in [0, 0.1) is 5.92 Å². The van der Waals surface area contributed by atoms with E-state index < -0.39 is 0 Å². The first-order valence-electron chi connectivity index (χ1n) is 6.85. The lowest BCUT2D eigenvalue weighted by Gasteiger charge is -2.30. The van der Waals surface area contributed by atoms with Crippen molar-refractivity contribution < 1.29 is 0 Å². The van der Waals surface area contributed by atoms with E-state index in [2.05, 4.69) is 37.8 Å². The predicted molar refractivity (Wildman–Crippen MR) is 71.5 cm³/mol. The highest BCUT2D eigenvalue weighted by atomic mass is 15.1. The van der Waals surface area contributed by atoms with Gasteiger partial charge in [-0.25, -0.2) is 0 Å². The highest BCUT2D eigenvalue weighted by molar-refractivity contribution is 5.05. The third kappa shape index (κ3) is 4.26. The number of nitrogens with zero attached hydrogens (tertiary/aromatic N) is 1. The van der Waals surface area contributed by atoms with Gasteiger partial charge in [-0.3, -0.25) is 0 Å². The second kappa shape index (κ2) is 7.08. The molecule has 16 heavy (non-hydrogen) atoms. The maximum Gasteiger partial charge on any atom is 0.0229 e. The maximum atomic E-state index is 5.90. The monoisotopic (exact) mass is 224 g/mol. The van der Waals surface area contributed by atoms with Gasteiger partial charge in [0, 0.05) is 18.6 Å². The maximum absolute atomic E-state index is 5.90. The summed E-state index contributed by atoms with van der Waals surface area (Å²) in [4.78, 5) is 2.64. The highest BCUT2D eigenvalue weighted by Crippen LogP contribution is 2.19. The molecule has 2 N–H and O–H groups in total. The Morgan fingerprint density at radius 2 is 2.12 bits per heavy atom. The molecule has 1 aliphatic carbocycles. The van der Waals surface area contributed by atoms with E-state index in [1.165, 1.54) is 32.4 Å². The molecule has 0 aromatic carbocycles. The van der Waals surface area contributed by atoms with Crippen LogP contribution in [0.1, 0.15) is 46.5 Å². The van der Waals surface area contributed by atoms with E-state index in [1.54, 1.807) is 0 Å². The van der Waals surface area contributed by atoms with Crippen LogP contribution in [0.3, 0.4) is 0 Å². The molecule has 3 unspecified atom stereocenters. The van der Waals surface area contributed by atoms with Crippen molar-refractivity contribution in [3.05, 3.63) is 12.2 Å². The molecular weight excluding hydrogens is 196 g/mol. The molecule has 1 rings (SSSR count). The van der Waals surface area contributed by atoms with Crippen molar-refractivity contribution in [2.45, 2.75) is 58.5 Å². The van der Waals surface area contributed by atoms with E-state index >= 15 is 0 Å². The second-order valence-electron chi connectivity index (χ2n) is 5.15. The van der Waals surface area contributed by atoms with Crippen molar-refractivity contribution in [2.24, 2.45) is 11.7 Å². The quantitative estimate of drug-likeness (QED) is 0.674. The zero-order valence-corrected chi connectivity index (χ0v) is 11.2. The number of hydrogen-bond acceptors (Lipinski definition) is 2. The summed E-state index contributed by atoms with van der Waals surface area (Å²) in [7, 11) is 0. The average molecular weight is 224 g/mol. The zero-order chi connectivity index (χ0) is 12.0. The van der Waals surface area contributed by atoms with Gasteiger partial charge in [0.2, 0.25) is 0 Å². The van der Waals surface area contributed by atoms with Crippen molar-refractivity contribution in [2.75, 3.05) is 13.1 Å². The molecule has 3 atom stereocenters. The molecule has 0 fully saturated rings. The van der Waals surface area contributed by atoms with Crippen LogP contribution in [0.2, 0.25) is 0 Å². The molecule has 0 spiro atoms. The Morgan fingerprint density at radius 1 is 1.38 bits per heavy atom. The van der Waals surface area contributed by atoms with E-state index in [0.29, 0.717) is 18.0 Å². The first-order chi connectivity index (χ1) is 7.67. The summed E-state index contributed by atoms with van der Waals surface area (Å²) in [6.45, 7) is 9.32. The fourth-order valence-corrected chi connectivity index (χ4v) is 2.35. The molecule has 2 nitrogen and oxygen atoms in total. The first kappa shape index (κ1) is 13.7. The Labute approximate surface area is 101 Å².